The fraction of sp³-hybridized carbons (Fsp3) is 0.417. The van der Waals surface area contributed by atoms with Crippen molar-refractivity contribution >= 4 is 35.2 Å². The summed E-state index contributed by atoms with van der Waals surface area (Å²) >= 11 is 6.62. The summed E-state index contributed by atoms with van der Waals surface area (Å²) in [7, 11) is 0. The van der Waals surface area contributed by atoms with Crippen molar-refractivity contribution < 1.29 is 9.53 Å². The molecular weight excluding hydrogens is 384 g/mol. The first-order valence-corrected chi connectivity index (χ1v) is 10.6. The third-order valence-electron chi connectivity index (χ3n) is 5.53. The van der Waals surface area contributed by atoms with Crippen molar-refractivity contribution in [1.82, 2.24) is 0 Å². The number of nitrogens with zero attached hydrogens (tertiary/aromatic N) is 2. The van der Waals surface area contributed by atoms with Gasteiger partial charge in [-0.15, -0.1) is 0 Å². The third-order valence-corrected chi connectivity index (χ3v) is 5.86. The quantitative estimate of drug-likeness (QED) is 0.422. The second-order valence-electron chi connectivity index (χ2n) is 8.12. The molecule has 0 N–H and O–H groups in total. The molecule has 0 radical (unpaired) electrons. The van der Waals surface area contributed by atoms with Gasteiger partial charge >= 0.3 is 5.97 Å². The molecule has 0 aromatic heterocycles. The Morgan fingerprint density at radius 3 is 2.76 bits per heavy atom. The molecule has 29 heavy (non-hydrogen) atoms. The zero-order valence-corrected chi connectivity index (χ0v) is 18.6. The Balaban J connectivity index is 1.93. The molecule has 0 bridgehead atoms. The van der Waals surface area contributed by atoms with Gasteiger partial charge in [-0.05, 0) is 75.9 Å². The lowest BCUT2D eigenvalue weighted by atomic mass is 9.79. The number of anilines is 1. The van der Waals surface area contributed by atoms with Crippen LogP contribution < -0.4 is 4.90 Å². The summed E-state index contributed by atoms with van der Waals surface area (Å²) in [5.74, 6) is 0.104. The lowest BCUT2D eigenvalue weighted by molar-refractivity contribution is 0.0526. The molecule has 2 aromatic rings. The van der Waals surface area contributed by atoms with E-state index < -0.39 is 0 Å². The van der Waals surface area contributed by atoms with Gasteiger partial charge in [-0.25, -0.2) is 4.79 Å². The normalized spacial score (nSPS) is 18.0. The van der Waals surface area contributed by atoms with Gasteiger partial charge in [0.25, 0.3) is 0 Å². The average molecular weight is 413 g/mol. The largest absolute Gasteiger partial charge is 0.462 e. The molecule has 3 rings (SSSR count). The van der Waals surface area contributed by atoms with Crippen molar-refractivity contribution in [3.05, 3.63) is 58.1 Å². The number of carbonyl (C=O) groups excluding carboxylic acids is 1. The van der Waals surface area contributed by atoms with Crippen molar-refractivity contribution in [2.75, 3.05) is 18.1 Å². The van der Waals surface area contributed by atoms with Crippen LogP contribution in [-0.2, 0) is 4.74 Å². The van der Waals surface area contributed by atoms with Crippen LogP contribution in [0.5, 0.6) is 0 Å². The van der Waals surface area contributed by atoms with Crippen LogP contribution in [0.4, 0.5) is 11.4 Å². The van der Waals surface area contributed by atoms with Crippen LogP contribution in [0.3, 0.4) is 0 Å². The number of benzene rings is 2. The smallest absolute Gasteiger partial charge is 0.338 e. The summed E-state index contributed by atoms with van der Waals surface area (Å²) in [5.41, 5.74) is 4.68. The molecule has 0 saturated heterocycles. The first-order valence-electron chi connectivity index (χ1n) is 10.2. The monoisotopic (exact) mass is 412 g/mol. The standard InChI is InChI=1S/C24H29ClN2O2/c1-6-27-22-13-21(25)18(12-20(22)16(3)14-24(27,4)5)15-26-19-10-8-9-17(11-19)23(28)29-7-2/h8-13,15-16H,6-7,14H2,1-5H3. The SMILES string of the molecule is CCOC(=O)c1cccc(N=Cc2cc3c(cc2Cl)N(CC)C(C)(C)CC3C)c1. The van der Waals surface area contributed by atoms with E-state index in [2.05, 4.69) is 49.7 Å². The minimum atomic E-state index is -0.340. The second kappa shape index (κ2) is 8.58. The van der Waals surface area contributed by atoms with Crippen molar-refractivity contribution in [1.29, 1.82) is 0 Å². The van der Waals surface area contributed by atoms with Crippen molar-refractivity contribution in [2.24, 2.45) is 4.99 Å². The molecule has 0 fully saturated rings. The number of aliphatic imine (C=N–C) groups is 1. The molecule has 4 nitrogen and oxygen atoms in total. The molecule has 1 unspecified atom stereocenters. The van der Waals surface area contributed by atoms with E-state index in [0.29, 0.717) is 28.8 Å². The second-order valence-corrected chi connectivity index (χ2v) is 8.53. The maximum Gasteiger partial charge on any atom is 0.338 e. The molecule has 1 heterocycles. The Bertz CT molecular complexity index is 936. The zero-order chi connectivity index (χ0) is 21.2. The van der Waals surface area contributed by atoms with Gasteiger partial charge < -0.3 is 9.64 Å². The van der Waals surface area contributed by atoms with E-state index in [9.17, 15) is 4.79 Å². The van der Waals surface area contributed by atoms with Crippen LogP contribution in [0.2, 0.25) is 5.02 Å². The molecule has 0 aliphatic carbocycles. The summed E-state index contributed by atoms with van der Waals surface area (Å²) in [6.07, 6.45) is 2.86. The minimum Gasteiger partial charge on any atom is -0.462 e. The van der Waals surface area contributed by atoms with Crippen LogP contribution >= 0.6 is 11.6 Å². The van der Waals surface area contributed by atoms with E-state index in [-0.39, 0.29) is 11.5 Å². The Labute approximate surface area is 178 Å². The lowest BCUT2D eigenvalue weighted by Crippen LogP contribution is -2.48. The number of fused-ring (bicyclic) bond motifs is 1. The van der Waals surface area contributed by atoms with E-state index in [4.69, 9.17) is 16.3 Å². The number of esters is 1. The highest BCUT2D eigenvalue weighted by Gasteiger charge is 2.35. The van der Waals surface area contributed by atoms with Gasteiger partial charge in [0.2, 0.25) is 0 Å². The minimum absolute atomic E-state index is 0.105. The molecule has 154 valence electrons. The molecule has 0 spiro atoms. The topological polar surface area (TPSA) is 41.9 Å². The van der Waals surface area contributed by atoms with E-state index in [1.54, 1.807) is 31.3 Å². The van der Waals surface area contributed by atoms with Crippen LogP contribution in [0.25, 0.3) is 0 Å². The van der Waals surface area contributed by atoms with Crippen LogP contribution in [0.15, 0.2) is 41.4 Å². The van der Waals surface area contributed by atoms with E-state index >= 15 is 0 Å². The highest BCUT2D eigenvalue weighted by Crippen LogP contribution is 2.44. The van der Waals surface area contributed by atoms with E-state index in [1.807, 2.05) is 6.07 Å². The average Bonchev–Trinajstić information content (AvgIpc) is 2.67. The van der Waals surface area contributed by atoms with Gasteiger partial charge in [0.05, 0.1) is 22.9 Å². The number of hydrogen-bond donors (Lipinski definition) is 0. The Morgan fingerprint density at radius 2 is 2.07 bits per heavy atom. The summed E-state index contributed by atoms with van der Waals surface area (Å²) < 4.78 is 5.06. The first kappa shape index (κ1) is 21.4. The molecule has 2 aromatic carbocycles. The first-order chi connectivity index (χ1) is 13.8. The predicted molar refractivity (Wildman–Crippen MR) is 121 cm³/mol. The van der Waals surface area contributed by atoms with Gasteiger partial charge in [0, 0.05) is 29.5 Å². The number of halogens is 1. The summed E-state index contributed by atoms with van der Waals surface area (Å²) in [6.45, 7) is 12.1. The maximum absolute atomic E-state index is 11.9. The zero-order valence-electron chi connectivity index (χ0n) is 17.8. The number of rotatable bonds is 5. The van der Waals surface area contributed by atoms with Gasteiger partial charge in [-0.3, -0.25) is 4.99 Å². The third kappa shape index (κ3) is 4.48. The molecule has 1 atom stereocenters. The summed E-state index contributed by atoms with van der Waals surface area (Å²) in [6, 6.07) is 11.3. The van der Waals surface area contributed by atoms with Gasteiger partial charge in [0.15, 0.2) is 0 Å². The molecular formula is C24H29ClN2O2. The van der Waals surface area contributed by atoms with Gasteiger partial charge in [-0.2, -0.15) is 0 Å². The molecule has 0 amide bonds. The number of hydrogen-bond acceptors (Lipinski definition) is 4. The summed E-state index contributed by atoms with van der Waals surface area (Å²) in [5, 5.41) is 0.678. The van der Waals surface area contributed by atoms with Crippen LogP contribution in [0, 0.1) is 0 Å². The van der Waals surface area contributed by atoms with Gasteiger partial charge in [0.1, 0.15) is 0 Å². The van der Waals surface area contributed by atoms with Gasteiger partial charge in [-0.1, -0.05) is 24.6 Å². The number of carbonyl (C=O) groups is 1. The molecule has 1 aliphatic heterocycles. The number of ether oxygens (including phenoxy) is 1. The maximum atomic E-state index is 11.9. The van der Waals surface area contributed by atoms with Crippen LogP contribution in [0.1, 0.15) is 68.4 Å². The Hall–Kier alpha value is -2.33. The van der Waals surface area contributed by atoms with Crippen molar-refractivity contribution in [3.63, 3.8) is 0 Å². The highest BCUT2D eigenvalue weighted by molar-refractivity contribution is 6.33. The predicted octanol–water partition coefficient (Wildman–Crippen LogP) is 6.38. The Kier molecular flexibility index (Phi) is 6.33. The Morgan fingerprint density at radius 1 is 1.31 bits per heavy atom. The van der Waals surface area contributed by atoms with Crippen molar-refractivity contribution in [2.45, 2.75) is 52.5 Å². The van der Waals surface area contributed by atoms with E-state index in [0.717, 1.165) is 18.5 Å². The lowest BCUT2D eigenvalue weighted by Gasteiger charge is -2.47. The fourth-order valence-corrected chi connectivity index (χ4v) is 4.50. The molecule has 1 aliphatic rings. The van der Waals surface area contributed by atoms with E-state index in [1.165, 1.54) is 11.3 Å². The summed E-state index contributed by atoms with van der Waals surface area (Å²) in [4.78, 5) is 18.9. The fourth-order valence-electron chi connectivity index (χ4n) is 4.29. The van der Waals surface area contributed by atoms with Crippen molar-refractivity contribution in [3.8, 4) is 0 Å². The molecule has 5 heteroatoms. The van der Waals surface area contributed by atoms with Crippen LogP contribution in [-0.4, -0.2) is 30.9 Å². The highest BCUT2D eigenvalue weighted by atomic mass is 35.5. The molecule has 0 saturated carbocycles.